The molecule has 84 valence electrons. The van der Waals surface area contributed by atoms with Crippen LogP contribution in [-0.4, -0.2) is 0 Å². The molecule has 0 bridgehead atoms. The summed E-state index contributed by atoms with van der Waals surface area (Å²) in [4.78, 5) is 0. The molecule has 16 heavy (non-hydrogen) atoms. The number of hydrazine groups is 1. The SMILES string of the molecule is Cc1cc(C(NN)c2cccc(F)c2)co1. The second-order valence-corrected chi connectivity index (χ2v) is 3.65. The Morgan fingerprint density at radius 2 is 2.12 bits per heavy atom. The number of hydrogen-bond donors (Lipinski definition) is 2. The van der Waals surface area contributed by atoms with E-state index in [-0.39, 0.29) is 11.9 Å². The number of furan rings is 1. The molecule has 2 aromatic rings. The van der Waals surface area contributed by atoms with Gasteiger partial charge in [-0.25, -0.2) is 9.82 Å². The number of nitrogens with one attached hydrogen (secondary N) is 1. The number of hydrogen-bond acceptors (Lipinski definition) is 3. The van der Waals surface area contributed by atoms with E-state index in [1.807, 2.05) is 19.1 Å². The molecular formula is C12H13FN2O. The van der Waals surface area contributed by atoms with E-state index in [0.29, 0.717) is 0 Å². The minimum atomic E-state index is -0.280. The maximum atomic E-state index is 13.1. The van der Waals surface area contributed by atoms with E-state index < -0.39 is 0 Å². The maximum absolute atomic E-state index is 13.1. The topological polar surface area (TPSA) is 51.2 Å². The highest BCUT2D eigenvalue weighted by Gasteiger charge is 2.14. The highest BCUT2D eigenvalue weighted by molar-refractivity contribution is 5.30. The lowest BCUT2D eigenvalue weighted by Gasteiger charge is -2.14. The van der Waals surface area contributed by atoms with E-state index in [2.05, 4.69) is 5.43 Å². The summed E-state index contributed by atoms with van der Waals surface area (Å²) in [6, 6.07) is 7.94. The molecule has 0 fully saturated rings. The van der Waals surface area contributed by atoms with Gasteiger partial charge in [0.05, 0.1) is 12.3 Å². The zero-order chi connectivity index (χ0) is 11.5. The largest absolute Gasteiger partial charge is 0.469 e. The molecular weight excluding hydrogens is 207 g/mol. The van der Waals surface area contributed by atoms with Gasteiger partial charge in [0.15, 0.2) is 0 Å². The molecule has 0 spiro atoms. The predicted octanol–water partition coefficient (Wildman–Crippen LogP) is 2.28. The Kier molecular flexibility index (Phi) is 3.03. The van der Waals surface area contributed by atoms with Crippen LogP contribution in [0.5, 0.6) is 0 Å². The molecule has 0 radical (unpaired) electrons. The first-order valence-corrected chi connectivity index (χ1v) is 4.97. The third-order valence-electron chi connectivity index (χ3n) is 2.43. The molecule has 0 aliphatic heterocycles. The van der Waals surface area contributed by atoms with Crippen molar-refractivity contribution in [2.75, 3.05) is 0 Å². The quantitative estimate of drug-likeness (QED) is 0.616. The van der Waals surface area contributed by atoms with Gasteiger partial charge in [-0.15, -0.1) is 0 Å². The van der Waals surface area contributed by atoms with Crippen molar-refractivity contribution in [3.63, 3.8) is 0 Å². The Bertz CT molecular complexity index is 481. The fourth-order valence-electron chi connectivity index (χ4n) is 1.69. The molecule has 4 heteroatoms. The smallest absolute Gasteiger partial charge is 0.123 e. The molecule has 2 rings (SSSR count). The van der Waals surface area contributed by atoms with Crippen LogP contribution in [0.1, 0.15) is 22.9 Å². The van der Waals surface area contributed by atoms with Gasteiger partial charge in [0.2, 0.25) is 0 Å². The van der Waals surface area contributed by atoms with E-state index in [0.717, 1.165) is 16.9 Å². The molecule has 0 amide bonds. The first-order chi connectivity index (χ1) is 7.70. The van der Waals surface area contributed by atoms with Gasteiger partial charge in [-0.3, -0.25) is 5.84 Å². The maximum Gasteiger partial charge on any atom is 0.123 e. The summed E-state index contributed by atoms with van der Waals surface area (Å²) < 4.78 is 18.3. The predicted molar refractivity (Wildman–Crippen MR) is 59.0 cm³/mol. The summed E-state index contributed by atoms with van der Waals surface area (Å²) in [6.45, 7) is 1.85. The van der Waals surface area contributed by atoms with E-state index in [4.69, 9.17) is 10.3 Å². The third kappa shape index (κ3) is 2.13. The zero-order valence-electron chi connectivity index (χ0n) is 8.91. The van der Waals surface area contributed by atoms with Crippen LogP contribution in [0.2, 0.25) is 0 Å². The van der Waals surface area contributed by atoms with Crippen molar-refractivity contribution in [2.45, 2.75) is 13.0 Å². The molecule has 0 saturated carbocycles. The van der Waals surface area contributed by atoms with Crippen molar-refractivity contribution in [3.05, 3.63) is 59.3 Å². The van der Waals surface area contributed by atoms with Gasteiger partial charge < -0.3 is 4.42 Å². The summed E-state index contributed by atoms with van der Waals surface area (Å²) in [7, 11) is 0. The summed E-state index contributed by atoms with van der Waals surface area (Å²) >= 11 is 0. The molecule has 0 aliphatic carbocycles. The van der Waals surface area contributed by atoms with Gasteiger partial charge in [-0.05, 0) is 30.7 Å². The Labute approximate surface area is 93.0 Å². The lowest BCUT2D eigenvalue weighted by Crippen LogP contribution is -2.28. The Morgan fingerprint density at radius 1 is 1.31 bits per heavy atom. The van der Waals surface area contributed by atoms with Gasteiger partial charge in [0.1, 0.15) is 11.6 Å². The van der Waals surface area contributed by atoms with Gasteiger partial charge >= 0.3 is 0 Å². The minimum Gasteiger partial charge on any atom is -0.469 e. The van der Waals surface area contributed by atoms with Crippen molar-refractivity contribution in [2.24, 2.45) is 5.84 Å². The molecule has 1 aromatic heterocycles. The second-order valence-electron chi connectivity index (χ2n) is 3.65. The molecule has 1 unspecified atom stereocenters. The van der Waals surface area contributed by atoms with E-state index in [1.54, 1.807) is 12.3 Å². The number of halogens is 1. The lowest BCUT2D eigenvalue weighted by molar-refractivity contribution is 0.525. The molecule has 1 heterocycles. The van der Waals surface area contributed by atoms with Crippen molar-refractivity contribution in [1.29, 1.82) is 0 Å². The highest BCUT2D eigenvalue weighted by Crippen LogP contribution is 2.23. The zero-order valence-corrected chi connectivity index (χ0v) is 8.91. The Morgan fingerprint density at radius 3 is 2.69 bits per heavy atom. The molecule has 3 nitrogen and oxygen atoms in total. The first kappa shape index (κ1) is 10.9. The third-order valence-corrected chi connectivity index (χ3v) is 2.43. The Balaban J connectivity index is 2.36. The Hall–Kier alpha value is -1.65. The van der Waals surface area contributed by atoms with Crippen molar-refractivity contribution >= 4 is 0 Å². The van der Waals surface area contributed by atoms with E-state index in [1.165, 1.54) is 12.1 Å². The summed E-state index contributed by atoms with van der Waals surface area (Å²) in [5.74, 6) is 6.00. The minimum absolute atomic E-state index is 0.256. The van der Waals surface area contributed by atoms with E-state index >= 15 is 0 Å². The fourth-order valence-corrected chi connectivity index (χ4v) is 1.69. The van der Waals surface area contributed by atoms with Gasteiger partial charge in [0, 0.05) is 5.56 Å². The van der Waals surface area contributed by atoms with Crippen LogP contribution in [0.3, 0.4) is 0 Å². The fraction of sp³-hybridized carbons (Fsp3) is 0.167. The van der Waals surface area contributed by atoms with Crippen molar-refractivity contribution < 1.29 is 8.81 Å². The first-order valence-electron chi connectivity index (χ1n) is 4.97. The standard InChI is InChI=1S/C12H13FN2O/c1-8-5-10(7-16-8)12(15-14)9-3-2-4-11(13)6-9/h2-7,12,15H,14H2,1H3. The average molecular weight is 220 g/mol. The lowest BCUT2D eigenvalue weighted by atomic mass is 10.0. The number of rotatable bonds is 3. The number of nitrogens with two attached hydrogens (primary N) is 1. The summed E-state index contributed by atoms with van der Waals surface area (Å²) in [5.41, 5.74) is 4.30. The van der Waals surface area contributed by atoms with Crippen LogP contribution >= 0.6 is 0 Å². The van der Waals surface area contributed by atoms with Crippen LogP contribution in [0.15, 0.2) is 41.0 Å². The second kappa shape index (κ2) is 4.47. The molecule has 1 atom stereocenters. The molecule has 3 N–H and O–H groups in total. The van der Waals surface area contributed by atoms with Gasteiger partial charge in [0.25, 0.3) is 0 Å². The van der Waals surface area contributed by atoms with Gasteiger partial charge in [-0.1, -0.05) is 12.1 Å². The number of aryl methyl sites for hydroxylation is 1. The van der Waals surface area contributed by atoms with E-state index in [9.17, 15) is 4.39 Å². The monoisotopic (exact) mass is 220 g/mol. The van der Waals surface area contributed by atoms with Crippen LogP contribution in [0.4, 0.5) is 4.39 Å². The summed E-state index contributed by atoms with van der Waals surface area (Å²) in [5, 5.41) is 0. The van der Waals surface area contributed by atoms with Gasteiger partial charge in [-0.2, -0.15) is 0 Å². The highest BCUT2D eigenvalue weighted by atomic mass is 19.1. The van der Waals surface area contributed by atoms with Crippen LogP contribution < -0.4 is 11.3 Å². The average Bonchev–Trinajstić information content (AvgIpc) is 2.66. The molecule has 1 aromatic carbocycles. The number of benzene rings is 1. The van der Waals surface area contributed by atoms with Crippen LogP contribution in [0.25, 0.3) is 0 Å². The van der Waals surface area contributed by atoms with Crippen molar-refractivity contribution in [1.82, 2.24) is 5.43 Å². The van der Waals surface area contributed by atoms with Crippen LogP contribution in [-0.2, 0) is 0 Å². The molecule has 0 aliphatic rings. The molecule has 0 saturated heterocycles. The van der Waals surface area contributed by atoms with Crippen molar-refractivity contribution in [3.8, 4) is 0 Å². The van der Waals surface area contributed by atoms with Crippen LogP contribution in [0, 0.1) is 12.7 Å². The summed E-state index contributed by atoms with van der Waals surface area (Å²) in [6.07, 6.45) is 1.62. The normalized spacial score (nSPS) is 12.7.